The SMILES string of the molecule is C[C@@H](CO)NC(=O)C1(C)CCCC1N. The minimum absolute atomic E-state index is 0.0240. The molecule has 0 radical (unpaired) electrons. The van der Waals surface area contributed by atoms with Crippen LogP contribution < -0.4 is 11.1 Å². The topological polar surface area (TPSA) is 75.3 Å². The van der Waals surface area contributed by atoms with Crippen LogP contribution in [0.4, 0.5) is 0 Å². The maximum atomic E-state index is 11.8. The van der Waals surface area contributed by atoms with Gasteiger partial charge in [0.25, 0.3) is 0 Å². The van der Waals surface area contributed by atoms with E-state index in [4.69, 9.17) is 10.8 Å². The van der Waals surface area contributed by atoms with Crippen molar-refractivity contribution >= 4 is 5.91 Å². The highest BCUT2D eigenvalue weighted by molar-refractivity contribution is 5.83. The average molecular weight is 200 g/mol. The molecule has 0 aromatic carbocycles. The Morgan fingerprint density at radius 3 is 2.86 bits per heavy atom. The quantitative estimate of drug-likeness (QED) is 0.600. The zero-order valence-corrected chi connectivity index (χ0v) is 8.92. The molecule has 0 aliphatic heterocycles. The first kappa shape index (κ1) is 11.5. The van der Waals surface area contributed by atoms with Gasteiger partial charge in [-0.15, -0.1) is 0 Å². The standard InChI is InChI=1S/C10H20N2O2/c1-7(6-13)12-9(14)10(2)5-3-4-8(10)11/h7-8,13H,3-6,11H2,1-2H3,(H,12,14)/t7-,8?,10?/m0/s1. The molecule has 1 aliphatic carbocycles. The molecular weight excluding hydrogens is 180 g/mol. The van der Waals surface area contributed by atoms with E-state index < -0.39 is 5.41 Å². The monoisotopic (exact) mass is 200 g/mol. The van der Waals surface area contributed by atoms with Crippen LogP contribution in [0.2, 0.25) is 0 Å². The molecule has 0 bridgehead atoms. The van der Waals surface area contributed by atoms with E-state index >= 15 is 0 Å². The van der Waals surface area contributed by atoms with E-state index in [2.05, 4.69) is 5.32 Å². The van der Waals surface area contributed by atoms with Crippen molar-refractivity contribution in [2.75, 3.05) is 6.61 Å². The number of hydrogen-bond acceptors (Lipinski definition) is 3. The van der Waals surface area contributed by atoms with Crippen LogP contribution in [0.5, 0.6) is 0 Å². The highest BCUT2D eigenvalue weighted by Crippen LogP contribution is 2.36. The van der Waals surface area contributed by atoms with Gasteiger partial charge in [-0.3, -0.25) is 4.79 Å². The second kappa shape index (κ2) is 4.28. The van der Waals surface area contributed by atoms with Gasteiger partial charge in [-0.1, -0.05) is 6.42 Å². The molecule has 1 amide bonds. The third-order valence-electron chi connectivity index (χ3n) is 3.20. The van der Waals surface area contributed by atoms with E-state index in [1.54, 1.807) is 6.92 Å². The Labute approximate surface area is 84.9 Å². The number of amides is 1. The highest BCUT2D eigenvalue weighted by Gasteiger charge is 2.43. The molecule has 14 heavy (non-hydrogen) atoms. The molecule has 0 aromatic heterocycles. The molecule has 1 saturated carbocycles. The number of rotatable bonds is 3. The van der Waals surface area contributed by atoms with Gasteiger partial charge in [0, 0.05) is 12.1 Å². The van der Waals surface area contributed by atoms with Crippen molar-refractivity contribution in [3.63, 3.8) is 0 Å². The lowest BCUT2D eigenvalue weighted by molar-refractivity contribution is -0.131. The lowest BCUT2D eigenvalue weighted by Crippen LogP contribution is -2.50. The predicted octanol–water partition coefficient (Wildman–Crippen LogP) is 0.000900. The first-order chi connectivity index (χ1) is 6.50. The number of carbonyl (C=O) groups excluding carboxylic acids is 1. The normalized spacial score (nSPS) is 34.1. The van der Waals surface area contributed by atoms with Gasteiger partial charge in [0.15, 0.2) is 0 Å². The molecule has 0 aromatic rings. The summed E-state index contributed by atoms with van der Waals surface area (Å²) in [5, 5.41) is 11.6. The van der Waals surface area contributed by atoms with Crippen LogP contribution in [0.3, 0.4) is 0 Å². The molecule has 1 fully saturated rings. The largest absolute Gasteiger partial charge is 0.394 e. The van der Waals surface area contributed by atoms with Crippen LogP contribution in [0.15, 0.2) is 0 Å². The third kappa shape index (κ3) is 2.07. The van der Waals surface area contributed by atoms with Crippen molar-refractivity contribution in [1.82, 2.24) is 5.32 Å². The van der Waals surface area contributed by atoms with Crippen molar-refractivity contribution in [3.8, 4) is 0 Å². The summed E-state index contributed by atoms with van der Waals surface area (Å²) in [6.07, 6.45) is 2.77. The Kier molecular flexibility index (Phi) is 3.50. The Morgan fingerprint density at radius 1 is 1.79 bits per heavy atom. The zero-order chi connectivity index (χ0) is 10.8. The highest BCUT2D eigenvalue weighted by atomic mass is 16.3. The van der Waals surface area contributed by atoms with Crippen molar-refractivity contribution in [3.05, 3.63) is 0 Å². The number of aliphatic hydroxyl groups is 1. The Hall–Kier alpha value is -0.610. The number of hydrogen-bond donors (Lipinski definition) is 3. The Bertz CT molecular complexity index is 220. The second-order valence-corrected chi connectivity index (χ2v) is 4.47. The van der Waals surface area contributed by atoms with E-state index in [-0.39, 0.29) is 24.6 Å². The minimum Gasteiger partial charge on any atom is -0.394 e. The van der Waals surface area contributed by atoms with Gasteiger partial charge >= 0.3 is 0 Å². The number of nitrogens with one attached hydrogen (secondary N) is 1. The fourth-order valence-electron chi connectivity index (χ4n) is 1.91. The summed E-state index contributed by atoms with van der Waals surface area (Å²) in [6.45, 7) is 3.66. The molecule has 3 atom stereocenters. The van der Waals surface area contributed by atoms with Crippen LogP contribution in [-0.4, -0.2) is 29.7 Å². The van der Waals surface area contributed by atoms with Crippen LogP contribution in [-0.2, 0) is 4.79 Å². The molecule has 4 nitrogen and oxygen atoms in total. The van der Waals surface area contributed by atoms with Gasteiger partial charge in [0.1, 0.15) is 0 Å². The van der Waals surface area contributed by atoms with Gasteiger partial charge in [-0.05, 0) is 26.7 Å². The van der Waals surface area contributed by atoms with E-state index in [0.29, 0.717) is 0 Å². The summed E-state index contributed by atoms with van der Waals surface area (Å²) in [7, 11) is 0. The maximum absolute atomic E-state index is 11.8. The molecule has 1 rings (SSSR count). The Balaban J connectivity index is 2.59. The van der Waals surface area contributed by atoms with Crippen molar-refractivity contribution in [1.29, 1.82) is 0 Å². The zero-order valence-electron chi connectivity index (χ0n) is 8.92. The Morgan fingerprint density at radius 2 is 2.43 bits per heavy atom. The number of aliphatic hydroxyl groups excluding tert-OH is 1. The molecule has 4 N–H and O–H groups in total. The first-order valence-corrected chi connectivity index (χ1v) is 5.18. The fraction of sp³-hybridized carbons (Fsp3) is 0.900. The lowest BCUT2D eigenvalue weighted by Gasteiger charge is -2.28. The van der Waals surface area contributed by atoms with E-state index in [1.807, 2.05) is 6.92 Å². The van der Waals surface area contributed by atoms with E-state index in [0.717, 1.165) is 19.3 Å². The van der Waals surface area contributed by atoms with Crippen molar-refractivity contribution in [2.24, 2.45) is 11.1 Å². The summed E-state index contributed by atoms with van der Waals surface area (Å²) in [6, 6.07) is -0.236. The van der Waals surface area contributed by atoms with E-state index in [9.17, 15) is 4.79 Å². The predicted molar refractivity (Wildman–Crippen MR) is 54.6 cm³/mol. The van der Waals surface area contributed by atoms with Gasteiger partial charge in [-0.25, -0.2) is 0 Å². The number of carbonyl (C=O) groups is 1. The minimum atomic E-state index is -0.441. The van der Waals surface area contributed by atoms with Crippen LogP contribution in [0.25, 0.3) is 0 Å². The molecule has 82 valence electrons. The van der Waals surface area contributed by atoms with Crippen molar-refractivity contribution in [2.45, 2.75) is 45.2 Å². The molecule has 4 heteroatoms. The summed E-state index contributed by atoms with van der Waals surface area (Å²) in [5.41, 5.74) is 5.47. The molecule has 0 saturated heterocycles. The smallest absolute Gasteiger partial charge is 0.227 e. The molecule has 2 unspecified atom stereocenters. The summed E-state index contributed by atoms with van der Waals surface area (Å²) in [5.74, 6) is -0.0240. The summed E-state index contributed by atoms with van der Waals surface area (Å²) < 4.78 is 0. The van der Waals surface area contributed by atoms with Crippen LogP contribution >= 0.6 is 0 Å². The average Bonchev–Trinajstić information content (AvgIpc) is 2.48. The number of nitrogens with two attached hydrogens (primary N) is 1. The lowest BCUT2D eigenvalue weighted by atomic mass is 9.84. The van der Waals surface area contributed by atoms with Gasteiger partial charge in [0.2, 0.25) is 5.91 Å². The second-order valence-electron chi connectivity index (χ2n) is 4.47. The van der Waals surface area contributed by atoms with Gasteiger partial charge in [-0.2, -0.15) is 0 Å². The fourth-order valence-corrected chi connectivity index (χ4v) is 1.91. The summed E-state index contributed by atoms with van der Waals surface area (Å²) in [4.78, 5) is 11.8. The maximum Gasteiger partial charge on any atom is 0.227 e. The van der Waals surface area contributed by atoms with Gasteiger partial charge < -0.3 is 16.2 Å². The molecule has 0 spiro atoms. The molecular formula is C10H20N2O2. The molecule has 0 heterocycles. The molecule has 1 aliphatic rings. The van der Waals surface area contributed by atoms with Gasteiger partial charge in [0.05, 0.1) is 12.0 Å². The third-order valence-corrected chi connectivity index (χ3v) is 3.20. The van der Waals surface area contributed by atoms with Crippen LogP contribution in [0.1, 0.15) is 33.1 Å². The summed E-state index contributed by atoms with van der Waals surface area (Å²) >= 11 is 0. The van der Waals surface area contributed by atoms with Crippen molar-refractivity contribution < 1.29 is 9.90 Å². The first-order valence-electron chi connectivity index (χ1n) is 5.18. The van der Waals surface area contributed by atoms with E-state index in [1.165, 1.54) is 0 Å². The van der Waals surface area contributed by atoms with Crippen LogP contribution in [0, 0.1) is 5.41 Å².